The van der Waals surface area contributed by atoms with Crippen molar-refractivity contribution in [3.8, 4) is 6.07 Å². The maximum atomic E-state index is 13.2. The summed E-state index contributed by atoms with van der Waals surface area (Å²) >= 11 is 3.41. The molecule has 0 spiro atoms. The molecule has 6 nitrogen and oxygen atoms in total. The zero-order valence-electron chi connectivity index (χ0n) is 16.6. The van der Waals surface area contributed by atoms with Crippen molar-refractivity contribution in [2.24, 2.45) is 7.05 Å². The molecule has 0 atom stereocenters. The van der Waals surface area contributed by atoms with Gasteiger partial charge in [-0.05, 0) is 35.4 Å². The molecule has 152 valence electrons. The third kappa shape index (κ3) is 4.02. The Balaban J connectivity index is 1.65. The summed E-state index contributed by atoms with van der Waals surface area (Å²) in [6.07, 6.45) is 0.646. The van der Waals surface area contributed by atoms with Gasteiger partial charge in [-0.2, -0.15) is 5.26 Å². The Morgan fingerprint density at radius 3 is 2.57 bits per heavy atom. The van der Waals surface area contributed by atoms with Crippen LogP contribution in [0.3, 0.4) is 0 Å². The Hall–Kier alpha value is -2.95. The summed E-state index contributed by atoms with van der Waals surface area (Å²) in [4.78, 5) is 28.3. The van der Waals surface area contributed by atoms with Crippen LogP contribution in [-0.2, 0) is 33.1 Å². The lowest BCUT2D eigenvalue weighted by molar-refractivity contribution is 0.237. The molecule has 0 amide bonds. The third-order valence-corrected chi connectivity index (χ3v) is 6.07. The fourth-order valence-electron chi connectivity index (χ4n) is 3.96. The Labute approximate surface area is 182 Å². The molecule has 7 heteroatoms. The van der Waals surface area contributed by atoms with Crippen LogP contribution < -0.4 is 11.2 Å². The highest BCUT2D eigenvalue weighted by atomic mass is 79.9. The molecule has 3 aromatic rings. The topological polar surface area (TPSA) is 71.0 Å². The Kier molecular flexibility index (Phi) is 5.71. The number of nitrogens with zero attached hydrogens (tertiary/aromatic N) is 4. The number of fused-ring (bicyclic) bond motifs is 1. The first-order valence-corrected chi connectivity index (χ1v) is 10.5. The normalized spacial score (nSPS) is 13.6. The molecule has 1 aliphatic heterocycles. The van der Waals surface area contributed by atoms with Gasteiger partial charge in [0.05, 0.1) is 23.7 Å². The highest BCUT2D eigenvalue weighted by Gasteiger charge is 2.24. The maximum absolute atomic E-state index is 13.2. The van der Waals surface area contributed by atoms with Crippen molar-refractivity contribution in [3.63, 3.8) is 0 Å². The molecule has 0 saturated carbocycles. The van der Waals surface area contributed by atoms with Crippen LogP contribution in [0.4, 0.5) is 0 Å². The summed E-state index contributed by atoms with van der Waals surface area (Å²) in [7, 11) is 1.74. The lowest BCUT2D eigenvalue weighted by atomic mass is 10.0. The molecular weight excluding hydrogens is 444 g/mol. The lowest BCUT2D eigenvalue weighted by Gasteiger charge is -2.30. The van der Waals surface area contributed by atoms with Gasteiger partial charge < -0.3 is 4.57 Å². The average molecular weight is 465 g/mol. The first-order valence-electron chi connectivity index (χ1n) is 9.73. The van der Waals surface area contributed by atoms with Gasteiger partial charge in [0.25, 0.3) is 5.56 Å². The number of nitriles is 1. The Morgan fingerprint density at radius 2 is 1.83 bits per heavy atom. The molecule has 0 radical (unpaired) electrons. The van der Waals surface area contributed by atoms with Crippen LogP contribution in [0.5, 0.6) is 0 Å². The van der Waals surface area contributed by atoms with E-state index in [1.807, 2.05) is 42.5 Å². The minimum atomic E-state index is -0.281. The SMILES string of the molecule is Cn1c2c(c(=O)n(Cc3ccc(Br)cc3)c1=O)CN(Cc1cccc(C#N)c1)CC2. The molecule has 30 heavy (non-hydrogen) atoms. The smallest absolute Gasteiger partial charge is 0.300 e. The fraction of sp³-hybridized carbons (Fsp3) is 0.261. The van der Waals surface area contributed by atoms with E-state index in [-0.39, 0.29) is 17.8 Å². The molecule has 1 aromatic heterocycles. The Bertz CT molecular complexity index is 1250. The van der Waals surface area contributed by atoms with Gasteiger partial charge in [0.1, 0.15) is 0 Å². The molecule has 2 heterocycles. The summed E-state index contributed by atoms with van der Waals surface area (Å²) < 4.78 is 3.89. The molecule has 2 aromatic carbocycles. The summed E-state index contributed by atoms with van der Waals surface area (Å²) in [6.45, 7) is 2.15. The van der Waals surface area contributed by atoms with Crippen molar-refractivity contribution in [2.45, 2.75) is 26.1 Å². The summed E-state index contributed by atoms with van der Waals surface area (Å²) in [5.74, 6) is 0. The summed E-state index contributed by atoms with van der Waals surface area (Å²) in [5.41, 5.74) is 3.57. The second kappa shape index (κ2) is 8.42. The first-order chi connectivity index (χ1) is 14.5. The molecule has 0 N–H and O–H groups in total. The Morgan fingerprint density at radius 1 is 1.07 bits per heavy atom. The van der Waals surface area contributed by atoms with E-state index >= 15 is 0 Å². The van der Waals surface area contributed by atoms with Crippen molar-refractivity contribution in [1.29, 1.82) is 5.26 Å². The van der Waals surface area contributed by atoms with Gasteiger partial charge in [0, 0.05) is 43.3 Å². The van der Waals surface area contributed by atoms with Gasteiger partial charge >= 0.3 is 5.69 Å². The number of halogens is 1. The van der Waals surface area contributed by atoms with E-state index in [1.54, 1.807) is 17.7 Å². The van der Waals surface area contributed by atoms with Gasteiger partial charge in [-0.3, -0.25) is 14.3 Å². The average Bonchev–Trinajstić information content (AvgIpc) is 2.76. The molecule has 0 bridgehead atoms. The number of rotatable bonds is 4. The molecule has 1 aliphatic rings. The number of hydrogen-bond acceptors (Lipinski definition) is 4. The van der Waals surface area contributed by atoms with Crippen LogP contribution in [0.1, 0.15) is 27.9 Å². The van der Waals surface area contributed by atoms with Gasteiger partial charge in [-0.25, -0.2) is 4.79 Å². The van der Waals surface area contributed by atoms with Gasteiger partial charge in [0.15, 0.2) is 0 Å². The van der Waals surface area contributed by atoms with E-state index in [2.05, 4.69) is 26.9 Å². The number of hydrogen-bond donors (Lipinski definition) is 0. The van der Waals surface area contributed by atoms with Crippen molar-refractivity contribution < 1.29 is 0 Å². The van der Waals surface area contributed by atoms with Gasteiger partial charge in [-0.15, -0.1) is 0 Å². The first kappa shape index (κ1) is 20.3. The highest BCUT2D eigenvalue weighted by molar-refractivity contribution is 9.10. The minimum absolute atomic E-state index is 0.216. The van der Waals surface area contributed by atoms with Crippen molar-refractivity contribution in [1.82, 2.24) is 14.0 Å². The van der Waals surface area contributed by atoms with Crippen LogP contribution in [0.2, 0.25) is 0 Å². The van der Waals surface area contributed by atoms with E-state index in [4.69, 9.17) is 5.26 Å². The molecule has 0 unspecified atom stereocenters. The second-order valence-corrected chi connectivity index (χ2v) is 8.47. The predicted octanol–water partition coefficient (Wildman–Crippen LogP) is 2.79. The molecule has 4 rings (SSSR count). The zero-order valence-corrected chi connectivity index (χ0v) is 18.2. The summed E-state index contributed by atoms with van der Waals surface area (Å²) in [5, 5.41) is 9.12. The maximum Gasteiger partial charge on any atom is 0.331 e. The highest BCUT2D eigenvalue weighted by Crippen LogP contribution is 2.18. The second-order valence-electron chi connectivity index (χ2n) is 7.56. The number of aromatic nitrogens is 2. The lowest BCUT2D eigenvalue weighted by Crippen LogP contribution is -2.47. The quantitative estimate of drug-likeness (QED) is 0.594. The van der Waals surface area contributed by atoms with Gasteiger partial charge in [0.2, 0.25) is 0 Å². The molecule has 0 aliphatic carbocycles. The molecule has 0 fully saturated rings. The largest absolute Gasteiger partial charge is 0.331 e. The van der Waals surface area contributed by atoms with Crippen molar-refractivity contribution in [3.05, 3.63) is 102 Å². The monoisotopic (exact) mass is 464 g/mol. The molecule has 0 saturated heterocycles. The number of benzene rings is 2. The van der Waals surface area contributed by atoms with Gasteiger partial charge in [-0.1, -0.05) is 40.2 Å². The third-order valence-electron chi connectivity index (χ3n) is 5.54. The van der Waals surface area contributed by atoms with E-state index in [9.17, 15) is 9.59 Å². The van der Waals surface area contributed by atoms with Crippen molar-refractivity contribution >= 4 is 15.9 Å². The van der Waals surface area contributed by atoms with Crippen LogP contribution in [0, 0.1) is 11.3 Å². The van der Waals surface area contributed by atoms with Crippen LogP contribution >= 0.6 is 15.9 Å². The van der Waals surface area contributed by atoms with Crippen molar-refractivity contribution in [2.75, 3.05) is 6.54 Å². The predicted molar refractivity (Wildman–Crippen MR) is 118 cm³/mol. The van der Waals surface area contributed by atoms with E-state index in [0.717, 1.165) is 27.8 Å². The van der Waals surface area contributed by atoms with E-state index < -0.39 is 0 Å². The van der Waals surface area contributed by atoms with Crippen LogP contribution in [0.25, 0.3) is 0 Å². The van der Waals surface area contributed by atoms with Crippen LogP contribution in [0.15, 0.2) is 62.6 Å². The standard InChI is InChI=1S/C23H21BrN4O2/c1-26-21-9-10-27(13-18-4-2-3-17(11-18)12-25)15-20(21)22(29)28(23(26)30)14-16-5-7-19(24)8-6-16/h2-8,11H,9-10,13-15H2,1H3. The zero-order chi connectivity index (χ0) is 21.3. The summed E-state index contributed by atoms with van der Waals surface area (Å²) in [6, 6.07) is 17.3. The van der Waals surface area contributed by atoms with E-state index in [0.29, 0.717) is 30.6 Å². The molecular formula is C23H21BrN4O2. The fourth-order valence-corrected chi connectivity index (χ4v) is 4.22. The van der Waals surface area contributed by atoms with Crippen LogP contribution in [-0.4, -0.2) is 20.6 Å². The minimum Gasteiger partial charge on any atom is -0.300 e. The van der Waals surface area contributed by atoms with E-state index in [1.165, 1.54) is 4.57 Å².